The lowest BCUT2D eigenvalue weighted by atomic mass is 9.75. The fraction of sp³-hybridized carbons (Fsp3) is 0.423. The summed E-state index contributed by atoms with van der Waals surface area (Å²) in [4.78, 5) is 133. The number of piperazine rings is 1. The summed E-state index contributed by atoms with van der Waals surface area (Å²) < 4.78 is 5.58. The van der Waals surface area contributed by atoms with Gasteiger partial charge in [0, 0.05) is 91.8 Å². The number of carbonyl (C=O) groups excluding carboxylic acids is 10. The van der Waals surface area contributed by atoms with E-state index in [9.17, 15) is 58.2 Å². The van der Waals surface area contributed by atoms with E-state index >= 15 is 0 Å². The van der Waals surface area contributed by atoms with Crippen molar-refractivity contribution in [1.82, 2.24) is 30.7 Å². The predicted octanol–water partition coefficient (Wildman–Crippen LogP) is 2.54. The summed E-state index contributed by atoms with van der Waals surface area (Å²) in [7, 11) is 0. The molecule has 2 heterocycles. The van der Waals surface area contributed by atoms with Gasteiger partial charge in [0.15, 0.2) is 11.6 Å². The number of nitrogen functional groups attached to an aromatic ring is 1. The number of anilines is 2. The number of ether oxygens (including phenoxy) is 1. The number of imide groups is 1. The number of hydrogen-bond donors (Lipinski definition) is 8. The van der Waals surface area contributed by atoms with Gasteiger partial charge in [0.25, 0.3) is 11.8 Å². The molecule has 3 aromatic rings. The van der Waals surface area contributed by atoms with Crippen molar-refractivity contribution in [3.63, 3.8) is 0 Å². The highest BCUT2D eigenvalue weighted by Gasteiger charge is 2.42. The smallest absolute Gasteiger partial charge is 0.410 e. The zero-order valence-corrected chi connectivity index (χ0v) is 41.2. The van der Waals surface area contributed by atoms with Gasteiger partial charge in [-0.3, -0.25) is 43.3 Å². The van der Waals surface area contributed by atoms with Crippen LogP contribution in [0.25, 0.3) is 0 Å². The first-order chi connectivity index (χ1) is 35.3. The van der Waals surface area contributed by atoms with E-state index in [4.69, 9.17) is 16.2 Å². The number of phenolic OH excluding ortho intramolecular Hbond substituents is 2. The number of hydrogen-bond acceptors (Lipinski definition) is 14. The Morgan fingerprint density at radius 2 is 1.43 bits per heavy atom. The Bertz CT molecular complexity index is 2770. The molecule has 7 rings (SSSR count). The van der Waals surface area contributed by atoms with Gasteiger partial charge in [-0.15, -0.1) is 0 Å². The highest BCUT2D eigenvalue weighted by Crippen LogP contribution is 2.47. The molecule has 3 aromatic carbocycles. The van der Waals surface area contributed by atoms with Gasteiger partial charge >= 0.3 is 12.1 Å². The number of urea groups is 1. The van der Waals surface area contributed by atoms with Crippen LogP contribution < -0.4 is 32.7 Å². The molecule has 10 N–H and O–H groups in total. The molecule has 0 aromatic heterocycles. The van der Waals surface area contributed by atoms with Gasteiger partial charge in [0.1, 0.15) is 30.2 Å². The number of primary amides is 1. The third-order valence-electron chi connectivity index (χ3n) is 13.7. The average Bonchev–Trinajstić information content (AvgIpc) is 3.70. The van der Waals surface area contributed by atoms with Crippen molar-refractivity contribution in [2.24, 2.45) is 17.6 Å². The van der Waals surface area contributed by atoms with Crippen LogP contribution in [0, 0.1) is 11.8 Å². The number of rotatable bonds is 19. The third-order valence-corrected chi connectivity index (χ3v) is 13.7. The number of fused-ring (bicyclic) bond motifs is 3. The summed E-state index contributed by atoms with van der Waals surface area (Å²) in [6.45, 7) is 4.57. The van der Waals surface area contributed by atoms with Crippen molar-refractivity contribution < 1.29 is 62.9 Å². The number of nitrogens with one attached hydrogen (secondary N) is 4. The summed E-state index contributed by atoms with van der Waals surface area (Å²) in [5.74, 6) is -5.56. The number of aromatic hydroxyl groups is 2. The molecule has 1 unspecified atom stereocenters. The molecule has 9 amide bonds. The first-order valence-electron chi connectivity index (χ1n) is 24.7. The quantitative estimate of drug-likeness (QED) is 0.0290. The van der Waals surface area contributed by atoms with E-state index in [0.717, 1.165) is 4.90 Å². The highest BCUT2D eigenvalue weighted by molar-refractivity contribution is 6.32. The summed E-state index contributed by atoms with van der Waals surface area (Å²) >= 11 is 0. The van der Waals surface area contributed by atoms with Crippen LogP contribution >= 0.6 is 0 Å². The van der Waals surface area contributed by atoms with Crippen molar-refractivity contribution >= 4 is 70.5 Å². The molecule has 1 fully saturated rings. The first kappa shape index (κ1) is 53.5. The monoisotopic (exact) mass is 1020 g/mol. The van der Waals surface area contributed by atoms with Crippen LogP contribution in [0.15, 0.2) is 54.6 Å². The lowest BCUT2D eigenvalue weighted by molar-refractivity contribution is -0.138. The van der Waals surface area contributed by atoms with Gasteiger partial charge in [-0.2, -0.15) is 0 Å². The van der Waals surface area contributed by atoms with Crippen LogP contribution in [0.4, 0.5) is 21.0 Å². The first-order valence-corrected chi connectivity index (χ1v) is 24.7. The van der Waals surface area contributed by atoms with Gasteiger partial charge in [0.2, 0.25) is 23.6 Å². The molecule has 0 saturated carbocycles. The zero-order valence-electron chi connectivity index (χ0n) is 41.2. The minimum atomic E-state index is -1.08. The molecule has 3 atom stereocenters. The molecular formula is C52H61N9O13. The maximum Gasteiger partial charge on any atom is 0.410 e. The summed E-state index contributed by atoms with van der Waals surface area (Å²) in [5, 5.41) is 33.4. The lowest BCUT2D eigenvalue weighted by Crippen LogP contribution is -2.54. The van der Waals surface area contributed by atoms with Crippen molar-refractivity contribution in [2.45, 2.75) is 90.3 Å². The molecule has 22 nitrogen and oxygen atoms in total. The number of phenols is 2. The van der Waals surface area contributed by atoms with Crippen LogP contribution in [0.2, 0.25) is 0 Å². The minimum Gasteiger partial charge on any atom is -0.507 e. The number of ketones is 2. The molecule has 0 radical (unpaired) electrons. The van der Waals surface area contributed by atoms with Crippen molar-refractivity contribution in [1.29, 1.82) is 0 Å². The number of amides is 9. The summed E-state index contributed by atoms with van der Waals surface area (Å²) in [6.07, 6.45) is 4.37. The molecule has 2 aliphatic carbocycles. The van der Waals surface area contributed by atoms with Crippen molar-refractivity contribution in [3.8, 4) is 11.5 Å². The van der Waals surface area contributed by atoms with Gasteiger partial charge in [-0.1, -0.05) is 44.5 Å². The minimum absolute atomic E-state index is 0.0219. The van der Waals surface area contributed by atoms with Crippen LogP contribution in [0.5, 0.6) is 11.5 Å². The maximum atomic E-state index is 13.8. The van der Waals surface area contributed by atoms with Crippen molar-refractivity contribution in [2.75, 3.05) is 50.3 Å². The Labute approximate surface area is 426 Å². The SMILES string of the molecule is CC(C)[C@H](NC(=O)CCCCCN1C(=O)C=CC1=O)C(=O)N[C@@H](CCCNC(N)=O)C(=O)Nc1ccc(COC(=O)N2CCN(C(=O)C3CCc4c(O)c5c(c(O)c4C3)C(=O)c3cccc(N)c3C5=O)CC2)cc1. The van der Waals surface area contributed by atoms with E-state index in [0.29, 0.717) is 42.5 Å². The zero-order chi connectivity index (χ0) is 53.4. The highest BCUT2D eigenvalue weighted by atomic mass is 16.6. The van der Waals surface area contributed by atoms with E-state index < -0.39 is 65.0 Å². The number of nitrogens with zero attached hydrogens (tertiary/aromatic N) is 3. The largest absolute Gasteiger partial charge is 0.507 e. The van der Waals surface area contributed by atoms with Gasteiger partial charge in [-0.05, 0) is 74.6 Å². The lowest BCUT2D eigenvalue weighted by Gasteiger charge is -2.37. The normalized spacial score (nSPS) is 16.7. The molecule has 0 bridgehead atoms. The molecule has 74 heavy (non-hydrogen) atoms. The number of nitrogens with two attached hydrogens (primary N) is 2. The molecular weight excluding hydrogens is 959 g/mol. The number of carbonyl (C=O) groups is 10. The fourth-order valence-electron chi connectivity index (χ4n) is 9.64. The second-order valence-corrected chi connectivity index (χ2v) is 19.1. The topological polar surface area (TPSA) is 330 Å². The van der Waals surface area contributed by atoms with Crippen molar-refractivity contribution in [3.05, 3.63) is 93.6 Å². The number of benzene rings is 3. The number of unbranched alkanes of at least 4 members (excludes halogenated alkanes) is 2. The predicted molar refractivity (Wildman–Crippen MR) is 266 cm³/mol. The second kappa shape index (κ2) is 23.5. The fourth-order valence-corrected chi connectivity index (χ4v) is 9.64. The summed E-state index contributed by atoms with van der Waals surface area (Å²) in [5.41, 5.74) is 12.2. The molecule has 0 spiro atoms. The Morgan fingerprint density at radius 1 is 0.770 bits per heavy atom. The van der Waals surface area contributed by atoms with Gasteiger partial charge in [0.05, 0.1) is 16.7 Å². The Balaban J connectivity index is 0.868. The second-order valence-electron chi connectivity index (χ2n) is 19.1. The molecule has 1 saturated heterocycles. The molecule has 4 aliphatic rings. The Hall–Kier alpha value is -8.30. The van der Waals surface area contributed by atoms with E-state index in [1.165, 1.54) is 35.3 Å². The molecule has 392 valence electrons. The van der Waals surface area contributed by atoms with E-state index in [-0.39, 0.29) is 141 Å². The van der Waals surface area contributed by atoms with E-state index in [2.05, 4.69) is 21.3 Å². The van der Waals surface area contributed by atoms with Crippen LogP contribution in [-0.2, 0) is 53.0 Å². The van der Waals surface area contributed by atoms with Gasteiger partial charge < -0.3 is 57.5 Å². The van der Waals surface area contributed by atoms with Gasteiger partial charge in [-0.25, -0.2) is 9.59 Å². The standard InChI is InChI=1S/C52H61N9O13/c1-28(2)43(58-37(62)11-4-3-5-21-61-38(63)18-19-39(61)64)49(70)57-36(10-7-20-55-51(54)72)48(69)56-31-15-12-29(13-16-31)27-74-52(73)60-24-22-59(23-25-60)50(71)30-14-17-32-34(26-30)46(67)41-42(44(32)65)47(68)40-33(45(41)66)8-6-9-35(40)53/h6,8-9,12-13,15-16,18-19,28,30,36,43,65,67H,3-5,7,10-11,14,17,20-27,53H2,1-2H3,(H,56,69)(H,57,70)(H,58,62)(H3,54,55,72)/t30?,36-,43-/m0/s1. The molecule has 22 heteroatoms. The van der Waals surface area contributed by atoms with Crippen LogP contribution in [0.3, 0.4) is 0 Å². The third kappa shape index (κ3) is 12.1. The Kier molecular flexibility index (Phi) is 17.0. The Morgan fingerprint density at radius 3 is 2.11 bits per heavy atom. The van der Waals surface area contributed by atoms with E-state index in [1.54, 1.807) is 43.0 Å². The maximum absolute atomic E-state index is 13.8. The molecule has 2 aliphatic heterocycles. The summed E-state index contributed by atoms with van der Waals surface area (Å²) in [6, 6.07) is 8.13. The average molecular weight is 1020 g/mol. The van der Waals surface area contributed by atoms with E-state index in [1.807, 2.05) is 0 Å². The van der Waals surface area contributed by atoms with Crippen LogP contribution in [-0.4, -0.2) is 135 Å². The van der Waals surface area contributed by atoms with Crippen LogP contribution in [0.1, 0.15) is 107 Å².